The number of hydrogen-bond donors (Lipinski definition) is 0. The molecule has 6 heteroatoms. The van der Waals surface area contributed by atoms with Crippen LogP contribution in [0.4, 0.5) is 0 Å². The predicted octanol–water partition coefficient (Wildman–Crippen LogP) is 3.32. The van der Waals surface area contributed by atoms with E-state index in [0.29, 0.717) is 10.7 Å². The zero-order valence-electron chi connectivity index (χ0n) is 13.1. The van der Waals surface area contributed by atoms with Crippen LogP contribution < -0.4 is 0 Å². The summed E-state index contributed by atoms with van der Waals surface area (Å²) in [5.74, 6) is 0.399. The first-order valence-electron chi connectivity index (χ1n) is 7.83. The summed E-state index contributed by atoms with van der Waals surface area (Å²) in [7, 11) is 0. The molecule has 0 unspecified atom stereocenters. The molecule has 5 nitrogen and oxygen atoms in total. The number of hydrogen-bond acceptors (Lipinski definition) is 5. The molecule has 2 amide bonds. The fourth-order valence-electron chi connectivity index (χ4n) is 2.65. The maximum Gasteiger partial charge on any atom is 0.266 e. The summed E-state index contributed by atoms with van der Waals surface area (Å²) in [5.41, 5.74) is 1.54. The van der Waals surface area contributed by atoms with Crippen LogP contribution in [0.5, 0.6) is 0 Å². The normalized spacial score (nSPS) is 23.4. The van der Waals surface area contributed by atoms with Crippen molar-refractivity contribution in [1.29, 1.82) is 0 Å². The Morgan fingerprint density at radius 1 is 1.17 bits per heavy atom. The fourth-order valence-corrected chi connectivity index (χ4v) is 3.45. The van der Waals surface area contributed by atoms with Gasteiger partial charge in [-0.2, -0.15) is 5.10 Å². The van der Waals surface area contributed by atoms with E-state index in [9.17, 15) is 9.59 Å². The highest BCUT2D eigenvalue weighted by atomic mass is 32.2. The first-order valence-corrected chi connectivity index (χ1v) is 8.82. The molecule has 0 atom stereocenters. The lowest BCUT2D eigenvalue weighted by atomic mass is 9.90. The maximum atomic E-state index is 12.5. The van der Waals surface area contributed by atoms with Gasteiger partial charge in [0, 0.05) is 11.3 Å². The van der Waals surface area contributed by atoms with Crippen LogP contribution in [-0.2, 0) is 4.79 Å². The Kier molecular flexibility index (Phi) is 4.91. The van der Waals surface area contributed by atoms with E-state index in [0.717, 1.165) is 42.2 Å². The molecule has 2 aliphatic rings. The van der Waals surface area contributed by atoms with Crippen LogP contribution in [-0.4, -0.2) is 33.3 Å². The van der Waals surface area contributed by atoms with Crippen LogP contribution in [0.25, 0.3) is 0 Å². The van der Waals surface area contributed by atoms with E-state index in [1.54, 1.807) is 24.3 Å². The maximum absolute atomic E-state index is 12.5. The van der Waals surface area contributed by atoms with Gasteiger partial charge in [-0.3, -0.25) is 9.59 Å². The Hall–Kier alpha value is -1.95. The van der Waals surface area contributed by atoms with Gasteiger partial charge < -0.3 is 0 Å². The Labute approximate surface area is 139 Å². The summed E-state index contributed by atoms with van der Waals surface area (Å²) < 4.78 is 0. The van der Waals surface area contributed by atoms with Gasteiger partial charge in [-0.15, -0.1) is 5.10 Å². The van der Waals surface area contributed by atoms with E-state index in [1.165, 1.54) is 11.8 Å². The summed E-state index contributed by atoms with van der Waals surface area (Å²) in [6.07, 6.45) is 4.15. The standard InChI is InChI=1S/C17H19N3O2S/c1-12-7-9-14(10-8-12)18-19-17-20(15(21)11-23-17)16(22)13-5-3-2-4-6-13/h2-6,12H,7-11H2,1H3/b18-14?,19-17+. The van der Waals surface area contributed by atoms with Crippen molar-refractivity contribution < 1.29 is 9.59 Å². The Morgan fingerprint density at radius 2 is 1.87 bits per heavy atom. The number of carbonyl (C=O) groups excluding carboxylic acids is 2. The van der Waals surface area contributed by atoms with Gasteiger partial charge in [-0.05, 0) is 43.7 Å². The number of nitrogens with zero attached hydrogens (tertiary/aromatic N) is 3. The molecule has 0 radical (unpaired) electrons. The molecule has 0 N–H and O–H groups in total. The van der Waals surface area contributed by atoms with Gasteiger partial charge in [-0.25, -0.2) is 4.90 Å². The average Bonchev–Trinajstić information content (AvgIpc) is 2.95. The average molecular weight is 329 g/mol. The molecule has 23 heavy (non-hydrogen) atoms. The van der Waals surface area contributed by atoms with E-state index < -0.39 is 0 Å². The monoisotopic (exact) mass is 329 g/mol. The van der Waals surface area contributed by atoms with E-state index in [4.69, 9.17) is 0 Å². The first kappa shape index (κ1) is 15.9. The predicted molar refractivity (Wildman–Crippen MR) is 92.6 cm³/mol. The third-order valence-electron chi connectivity index (χ3n) is 4.12. The second kappa shape index (κ2) is 7.08. The van der Waals surface area contributed by atoms with Gasteiger partial charge in [-0.1, -0.05) is 36.9 Å². The lowest BCUT2D eigenvalue weighted by molar-refractivity contribution is -0.122. The molecule has 0 spiro atoms. The van der Waals surface area contributed by atoms with Crippen molar-refractivity contribution >= 4 is 34.5 Å². The largest absolute Gasteiger partial charge is 0.273 e. The highest BCUT2D eigenvalue weighted by Gasteiger charge is 2.34. The van der Waals surface area contributed by atoms with E-state index in [2.05, 4.69) is 17.1 Å². The van der Waals surface area contributed by atoms with Crippen LogP contribution >= 0.6 is 11.8 Å². The summed E-state index contributed by atoms with van der Waals surface area (Å²) >= 11 is 1.27. The molecule has 1 aliphatic carbocycles. The Morgan fingerprint density at radius 3 is 2.57 bits per heavy atom. The number of thioether (sulfide) groups is 1. The van der Waals surface area contributed by atoms with Crippen molar-refractivity contribution in [3.05, 3.63) is 35.9 Å². The highest BCUT2D eigenvalue weighted by Crippen LogP contribution is 2.24. The van der Waals surface area contributed by atoms with Crippen LogP contribution in [0.2, 0.25) is 0 Å². The van der Waals surface area contributed by atoms with Crippen LogP contribution in [0.3, 0.4) is 0 Å². The van der Waals surface area contributed by atoms with Gasteiger partial charge in [0.25, 0.3) is 5.91 Å². The van der Waals surface area contributed by atoms with Crippen molar-refractivity contribution in [1.82, 2.24) is 4.90 Å². The van der Waals surface area contributed by atoms with Gasteiger partial charge in [0.2, 0.25) is 5.91 Å². The van der Waals surface area contributed by atoms with Crippen molar-refractivity contribution in [3.8, 4) is 0 Å². The van der Waals surface area contributed by atoms with Gasteiger partial charge in [0.15, 0.2) is 5.17 Å². The molecule has 1 aromatic carbocycles. The molecule has 1 saturated carbocycles. The SMILES string of the molecule is CC1CCC(=N/N=C2/SCC(=O)N2C(=O)c2ccccc2)CC1. The van der Waals surface area contributed by atoms with Crippen LogP contribution in [0, 0.1) is 5.92 Å². The molecule has 1 aromatic rings. The molecule has 0 aromatic heterocycles. The zero-order chi connectivity index (χ0) is 16.2. The van der Waals surface area contributed by atoms with E-state index in [-0.39, 0.29) is 17.6 Å². The summed E-state index contributed by atoms with van der Waals surface area (Å²) in [5, 5.41) is 8.88. The van der Waals surface area contributed by atoms with Gasteiger partial charge in [0.1, 0.15) is 0 Å². The minimum atomic E-state index is -0.336. The minimum absolute atomic E-state index is 0.235. The molecule has 1 heterocycles. The number of rotatable bonds is 2. The zero-order valence-corrected chi connectivity index (χ0v) is 13.9. The Bertz CT molecular complexity index is 660. The Balaban J connectivity index is 1.78. The summed E-state index contributed by atoms with van der Waals surface area (Å²) in [6, 6.07) is 8.79. The molecule has 0 bridgehead atoms. The van der Waals surface area contributed by atoms with Crippen molar-refractivity contribution in [3.63, 3.8) is 0 Å². The molecule has 1 saturated heterocycles. The van der Waals surface area contributed by atoms with Crippen molar-refractivity contribution in [2.24, 2.45) is 16.1 Å². The second-order valence-corrected chi connectivity index (χ2v) is 6.86. The van der Waals surface area contributed by atoms with Gasteiger partial charge in [0.05, 0.1) is 5.75 Å². The molecular formula is C17H19N3O2S. The van der Waals surface area contributed by atoms with Crippen molar-refractivity contribution in [2.75, 3.05) is 5.75 Å². The topological polar surface area (TPSA) is 62.1 Å². The van der Waals surface area contributed by atoms with Crippen LogP contribution in [0.15, 0.2) is 40.5 Å². The molecule has 120 valence electrons. The summed E-state index contributed by atoms with van der Waals surface area (Å²) in [6.45, 7) is 2.24. The first-order chi connectivity index (χ1) is 11.1. The number of amides is 2. The highest BCUT2D eigenvalue weighted by molar-refractivity contribution is 8.15. The summed E-state index contributed by atoms with van der Waals surface area (Å²) in [4.78, 5) is 25.7. The van der Waals surface area contributed by atoms with E-state index >= 15 is 0 Å². The number of imide groups is 1. The van der Waals surface area contributed by atoms with Crippen molar-refractivity contribution in [2.45, 2.75) is 32.6 Å². The second-order valence-electron chi connectivity index (χ2n) is 5.92. The third-order valence-corrected chi connectivity index (χ3v) is 5.03. The molecular weight excluding hydrogens is 310 g/mol. The quantitative estimate of drug-likeness (QED) is 0.617. The lowest BCUT2D eigenvalue weighted by Gasteiger charge is -2.18. The number of benzene rings is 1. The number of amidine groups is 1. The lowest BCUT2D eigenvalue weighted by Crippen LogP contribution is -2.35. The number of carbonyl (C=O) groups is 2. The molecule has 1 aliphatic heterocycles. The minimum Gasteiger partial charge on any atom is -0.273 e. The molecule has 2 fully saturated rings. The molecule has 3 rings (SSSR count). The fraction of sp³-hybridized carbons (Fsp3) is 0.412. The van der Waals surface area contributed by atoms with E-state index in [1.807, 2.05) is 6.07 Å². The van der Waals surface area contributed by atoms with Gasteiger partial charge >= 0.3 is 0 Å². The van der Waals surface area contributed by atoms with Crippen LogP contribution in [0.1, 0.15) is 43.0 Å². The third kappa shape index (κ3) is 3.69. The smallest absolute Gasteiger partial charge is 0.266 e.